The van der Waals surface area contributed by atoms with Crippen molar-refractivity contribution >= 4 is 17.8 Å². The highest BCUT2D eigenvalue weighted by atomic mass is 19.1. The average molecular weight is 336 g/mol. The van der Waals surface area contributed by atoms with E-state index in [1.54, 1.807) is 37.3 Å². The van der Waals surface area contributed by atoms with Crippen molar-refractivity contribution in [2.75, 3.05) is 5.73 Å². The van der Waals surface area contributed by atoms with Crippen LogP contribution >= 0.6 is 0 Å². The topological polar surface area (TPSA) is 86.9 Å². The van der Waals surface area contributed by atoms with Crippen LogP contribution in [0.5, 0.6) is 0 Å². The number of carbonyl (C=O) groups is 1. The first-order chi connectivity index (χ1) is 12.0. The number of nitrogens with zero attached hydrogens (tertiary/aromatic N) is 2. The Balaban J connectivity index is 2.02. The average Bonchev–Trinajstić information content (AvgIpc) is 2.97. The Morgan fingerprint density at radius 3 is 2.64 bits per heavy atom. The molecule has 3 aromatic rings. The molecule has 6 heteroatoms. The summed E-state index contributed by atoms with van der Waals surface area (Å²) in [4.78, 5) is 11.2. The molecule has 0 saturated heterocycles. The second-order valence-electron chi connectivity index (χ2n) is 5.63. The van der Waals surface area contributed by atoms with Gasteiger partial charge in [-0.25, -0.2) is 9.07 Å². The quantitative estimate of drug-likeness (QED) is 0.718. The maximum atomic E-state index is 14.0. The van der Waals surface area contributed by atoms with Gasteiger partial charge in [0.15, 0.2) is 0 Å². The monoisotopic (exact) mass is 336 g/mol. The SMILES string of the molecule is CC(=Cc1cccc(-n2nc(-c3ccccc3F)cc2N)c1)C(N)=O. The van der Waals surface area contributed by atoms with Gasteiger partial charge >= 0.3 is 0 Å². The summed E-state index contributed by atoms with van der Waals surface area (Å²) in [7, 11) is 0. The molecule has 4 N–H and O–H groups in total. The highest BCUT2D eigenvalue weighted by Crippen LogP contribution is 2.25. The molecule has 0 aliphatic heterocycles. The lowest BCUT2D eigenvalue weighted by atomic mass is 10.1. The van der Waals surface area contributed by atoms with Crippen LogP contribution in [0.4, 0.5) is 10.2 Å². The molecule has 0 fully saturated rings. The van der Waals surface area contributed by atoms with Gasteiger partial charge in [-0.3, -0.25) is 4.79 Å². The zero-order chi connectivity index (χ0) is 18.0. The Labute approximate surface area is 144 Å². The Kier molecular flexibility index (Phi) is 4.35. The third-order valence-corrected chi connectivity index (χ3v) is 3.77. The predicted molar refractivity (Wildman–Crippen MR) is 96.2 cm³/mol. The summed E-state index contributed by atoms with van der Waals surface area (Å²) in [6.45, 7) is 1.65. The first kappa shape index (κ1) is 16.4. The molecular formula is C19H17FN4O. The molecule has 126 valence electrons. The molecule has 0 saturated carbocycles. The first-order valence-corrected chi connectivity index (χ1v) is 7.64. The molecule has 1 heterocycles. The van der Waals surface area contributed by atoms with Gasteiger partial charge in [0.25, 0.3) is 0 Å². The van der Waals surface area contributed by atoms with E-state index in [0.717, 1.165) is 5.56 Å². The molecule has 1 aromatic heterocycles. The summed E-state index contributed by atoms with van der Waals surface area (Å²) < 4.78 is 15.5. The van der Waals surface area contributed by atoms with Gasteiger partial charge in [-0.1, -0.05) is 24.3 Å². The number of halogens is 1. The van der Waals surface area contributed by atoms with Crippen LogP contribution in [0.2, 0.25) is 0 Å². The van der Waals surface area contributed by atoms with Crippen molar-refractivity contribution in [2.24, 2.45) is 5.73 Å². The summed E-state index contributed by atoms with van der Waals surface area (Å²) in [6.07, 6.45) is 1.68. The Hall–Kier alpha value is -3.41. The van der Waals surface area contributed by atoms with Crippen LogP contribution in [0.1, 0.15) is 12.5 Å². The predicted octanol–water partition coefficient (Wildman–Crippen LogP) is 3.15. The third kappa shape index (κ3) is 3.42. The van der Waals surface area contributed by atoms with Gasteiger partial charge in [0.05, 0.1) is 11.4 Å². The normalized spacial score (nSPS) is 11.5. The molecule has 3 rings (SSSR count). The molecule has 5 nitrogen and oxygen atoms in total. The molecule has 1 amide bonds. The van der Waals surface area contributed by atoms with E-state index in [0.29, 0.717) is 28.3 Å². The fourth-order valence-corrected chi connectivity index (χ4v) is 2.47. The summed E-state index contributed by atoms with van der Waals surface area (Å²) >= 11 is 0. The van der Waals surface area contributed by atoms with E-state index >= 15 is 0 Å². The molecule has 0 unspecified atom stereocenters. The third-order valence-electron chi connectivity index (χ3n) is 3.77. The number of anilines is 1. The number of amides is 1. The van der Waals surface area contributed by atoms with Gasteiger partial charge in [-0.05, 0) is 42.8 Å². The Morgan fingerprint density at radius 2 is 1.92 bits per heavy atom. The van der Waals surface area contributed by atoms with Gasteiger partial charge < -0.3 is 11.5 Å². The lowest BCUT2D eigenvalue weighted by Crippen LogP contribution is -2.11. The first-order valence-electron chi connectivity index (χ1n) is 7.64. The molecular weight excluding hydrogens is 319 g/mol. The zero-order valence-corrected chi connectivity index (χ0v) is 13.6. The van der Waals surface area contributed by atoms with E-state index in [1.165, 1.54) is 10.7 Å². The number of nitrogens with two attached hydrogens (primary N) is 2. The van der Waals surface area contributed by atoms with Gasteiger partial charge in [-0.15, -0.1) is 0 Å². The van der Waals surface area contributed by atoms with Crippen LogP contribution in [0.15, 0.2) is 60.2 Å². The van der Waals surface area contributed by atoms with Crippen LogP contribution < -0.4 is 11.5 Å². The van der Waals surface area contributed by atoms with E-state index in [4.69, 9.17) is 11.5 Å². The van der Waals surface area contributed by atoms with Crippen molar-refractivity contribution < 1.29 is 9.18 Å². The molecule has 25 heavy (non-hydrogen) atoms. The molecule has 0 atom stereocenters. The van der Waals surface area contributed by atoms with Crippen LogP contribution in [0.25, 0.3) is 23.0 Å². The lowest BCUT2D eigenvalue weighted by molar-refractivity contribution is -0.114. The fraction of sp³-hybridized carbons (Fsp3) is 0.0526. The molecule has 0 aliphatic rings. The molecule has 0 bridgehead atoms. The van der Waals surface area contributed by atoms with Crippen LogP contribution in [0, 0.1) is 5.82 Å². The maximum Gasteiger partial charge on any atom is 0.244 e. The summed E-state index contributed by atoms with van der Waals surface area (Å²) in [5, 5.41) is 4.41. The number of hydrogen-bond donors (Lipinski definition) is 2. The second kappa shape index (κ2) is 6.60. The van der Waals surface area contributed by atoms with Crippen LogP contribution in [-0.4, -0.2) is 15.7 Å². The minimum atomic E-state index is -0.481. The zero-order valence-electron chi connectivity index (χ0n) is 13.6. The summed E-state index contributed by atoms with van der Waals surface area (Å²) in [5.74, 6) is -0.460. The van der Waals surface area contributed by atoms with Crippen LogP contribution in [0.3, 0.4) is 0 Å². The maximum absolute atomic E-state index is 14.0. The van der Waals surface area contributed by atoms with E-state index < -0.39 is 5.91 Å². The van der Waals surface area contributed by atoms with E-state index in [9.17, 15) is 9.18 Å². The van der Waals surface area contributed by atoms with Crippen molar-refractivity contribution in [3.05, 3.63) is 71.6 Å². The van der Waals surface area contributed by atoms with Crippen molar-refractivity contribution in [1.29, 1.82) is 0 Å². The number of hydrogen-bond acceptors (Lipinski definition) is 3. The summed E-state index contributed by atoms with van der Waals surface area (Å²) in [6, 6.07) is 15.3. The molecule has 0 radical (unpaired) electrons. The Bertz CT molecular complexity index is 975. The largest absolute Gasteiger partial charge is 0.384 e. The van der Waals surface area contributed by atoms with Gasteiger partial charge in [0.1, 0.15) is 11.6 Å². The Morgan fingerprint density at radius 1 is 1.16 bits per heavy atom. The minimum absolute atomic E-state index is 0.360. The summed E-state index contributed by atoms with van der Waals surface area (Å²) in [5.41, 5.74) is 14.1. The number of aromatic nitrogens is 2. The highest BCUT2D eigenvalue weighted by Gasteiger charge is 2.12. The van der Waals surface area contributed by atoms with Crippen LogP contribution in [-0.2, 0) is 4.79 Å². The smallest absolute Gasteiger partial charge is 0.244 e. The minimum Gasteiger partial charge on any atom is -0.384 e. The van der Waals surface area contributed by atoms with Gasteiger partial charge in [0.2, 0.25) is 5.91 Å². The molecule has 0 spiro atoms. The second-order valence-corrected chi connectivity index (χ2v) is 5.63. The highest BCUT2D eigenvalue weighted by molar-refractivity contribution is 5.96. The number of rotatable bonds is 4. The lowest BCUT2D eigenvalue weighted by Gasteiger charge is -2.05. The van der Waals surface area contributed by atoms with Gasteiger partial charge in [0, 0.05) is 17.2 Å². The van der Waals surface area contributed by atoms with Crippen molar-refractivity contribution in [1.82, 2.24) is 9.78 Å². The van der Waals surface area contributed by atoms with Crippen molar-refractivity contribution in [3.8, 4) is 16.9 Å². The number of primary amides is 1. The number of benzene rings is 2. The van der Waals surface area contributed by atoms with E-state index in [2.05, 4.69) is 5.10 Å². The standard InChI is InChI=1S/C19H17FN4O/c1-12(19(22)25)9-13-5-4-6-14(10-13)24-18(21)11-17(23-24)15-7-2-3-8-16(15)20/h2-11H,21H2,1H3,(H2,22,25). The van der Waals surface area contributed by atoms with E-state index in [1.807, 2.05) is 24.3 Å². The van der Waals surface area contributed by atoms with Crippen molar-refractivity contribution in [3.63, 3.8) is 0 Å². The van der Waals surface area contributed by atoms with Crippen molar-refractivity contribution in [2.45, 2.75) is 6.92 Å². The number of nitrogen functional groups attached to an aromatic ring is 1. The number of carbonyl (C=O) groups excluding carboxylic acids is 1. The molecule has 0 aliphatic carbocycles. The molecule has 2 aromatic carbocycles. The fourth-order valence-electron chi connectivity index (χ4n) is 2.47. The van der Waals surface area contributed by atoms with E-state index in [-0.39, 0.29) is 5.82 Å². The van der Waals surface area contributed by atoms with Gasteiger partial charge in [-0.2, -0.15) is 5.10 Å².